The largest absolute Gasteiger partial charge is 0.378 e. The summed E-state index contributed by atoms with van der Waals surface area (Å²) in [5.41, 5.74) is -0.0531. The van der Waals surface area contributed by atoms with Crippen LogP contribution in [0.3, 0.4) is 0 Å². The molecule has 0 saturated carbocycles. The monoisotopic (exact) mass is 332 g/mol. The Hall–Kier alpha value is -1.25. The topological polar surface area (TPSA) is 80.5 Å². The van der Waals surface area contributed by atoms with Gasteiger partial charge in [0.15, 0.2) is 0 Å². The number of halogens is 1. The van der Waals surface area contributed by atoms with Crippen LogP contribution in [0.1, 0.15) is 0 Å². The molecule has 106 valence electrons. The number of anilines is 1. The first kappa shape index (κ1) is 15.8. The molecule has 8 heteroatoms. The maximum absolute atomic E-state index is 10.9. The summed E-state index contributed by atoms with van der Waals surface area (Å²) in [6, 6.07) is 1.42. The molecular formula is C11H17BrN4O3. The van der Waals surface area contributed by atoms with Crippen LogP contribution in [0.5, 0.6) is 0 Å². The number of aromatic nitrogens is 1. The van der Waals surface area contributed by atoms with Gasteiger partial charge in [-0.15, -0.1) is 0 Å². The van der Waals surface area contributed by atoms with Gasteiger partial charge in [0, 0.05) is 29.8 Å². The number of nitrogens with one attached hydrogen (secondary N) is 1. The smallest absolute Gasteiger partial charge is 0.312 e. The van der Waals surface area contributed by atoms with Crippen molar-refractivity contribution in [2.24, 2.45) is 0 Å². The second-order valence-electron chi connectivity index (χ2n) is 4.12. The Kier molecular flexibility index (Phi) is 6.68. The van der Waals surface area contributed by atoms with E-state index in [4.69, 9.17) is 4.74 Å². The van der Waals surface area contributed by atoms with Gasteiger partial charge < -0.3 is 15.0 Å². The van der Waals surface area contributed by atoms with Crippen molar-refractivity contribution in [1.82, 2.24) is 9.88 Å². The molecule has 0 spiro atoms. The molecule has 19 heavy (non-hydrogen) atoms. The fourth-order valence-electron chi connectivity index (χ4n) is 1.29. The molecule has 1 aromatic rings. The van der Waals surface area contributed by atoms with E-state index in [0.29, 0.717) is 24.2 Å². The zero-order valence-corrected chi connectivity index (χ0v) is 12.5. The van der Waals surface area contributed by atoms with Gasteiger partial charge in [-0.25, -0.2) is 4.98 Å². The lowest BCUT2D eigenvalue weighted by Gasteiger charge is -2.10. The van der Waals surface area contributed by atoms with Gasteiger partial charge in [0.25, 0.3) is 0 Å². The van der Waals surface area contributed by atoms with Crippen molar-refractivity contribution in [2.75, 3.05) is 45.7 Å². The Bertz CT molecular complexity index is 428. The average Bonchev–Trinajstić information content (AvgIpc) is 2.34. The highest BCUT2D eigenvalue weighted by Crippen LogP contribution is 2.24. The van der Waals surface area contributed by atoms with Gasteiger partial charge in [0.05, 0.1) is 18.1 Å². The molecular weight excluding hydrogens is 316 g/mol. The first-order chi connectivity index (χ1) is 9.00. The fraction of sp³-hybridized carbons (Fsp3) is 0.545. The molecule has 0 aliphatic heterocycles. The minimum Gasteiger partial charge on any atom is -0.378 e. The number of hydrogen-bond acceptors (Lipinski definition) is 6. The summed E-state index contributed by atoms with van der Waals surface area (Å²) in [6.45, 7) is 2.42. The van der Waals surface area contributed by atoms with E-state index in [-0.39, 0.29) is 11.5 Å². The first-order valence-corrected chi connectivity index (χ1v) is 6.56. The maximum atomic E-state index is 10.9. The van der Waals surface area contributed by atoms with Gasteiger partial charge in [0.2, 0.25) is 5.82 Å². The number of hydrogen-bond donors (Lipinski definition) is 1. The molecule has 0 saturated heterocycles. The molecule has 0 radical (unpaired) electrons. The van der Waals surface area contributed by atoms with Crippen molar-refractivity contribution in [3.8, 4) is 0 Å². The van der Waals surface area contributed by atoms with E-state index in [9.17, 15) is 10.1 Å². The number of nitro groups is 1. The number of ether oxygens (including phenoxy) is 1. The summed E-state index contributed by atoms with van der Waals surface area (Å²) < 4.78 is 5.96. The van der Waals surface area contributed by atoms with E-state index >= 15 is 0 Å². The van der Waals surface area contributed by atoms with Gasteiger partial charge in [-0.3, -0.25) is 10.1 Å². The van der Waals surface area contributed by atoms with Crippen molar-refractivity contribution in [3.63, 3.8) is 0 Å². The highest BCUT2D eigenvalue weighted by molar-refractivity contribution is 9.10. The summed E-state index contributed by atoms with van der Waals surface area (Å²) in [5.74, 6) is 0.254. The number of likely N-dealkylation sites (N-methyl/N-ethyl adjacent to an activating group) is 1. The maximum Gasteiger partial charge on any atom is 0.312 e. The Labute approximate surface area is 120 Å². The Morgan fingerprint density at radius 2 is 2.26 bits per heavy atom. The third-order valence-corrected chi connectivity index (χ3v) is 2.69. The van der Waals surface area contributed by atoms with Crippen LogP contribution in [0, 0.1) is 10.1 Å². The zero-order chi connectivity index (χ0) is 14.3. The molecule has 1 heterocycles. The van der Waals surface area contributed by atoms with E-state index in [1.165, 1.54) is 12.3 Å². The predicted octanol–water partition coefficient (Wildman–Crippen LogP) is 1.74. The Balaban J connectivity index is 2.39. The van der Waals surface area contributed by atoms with Gasteiger partial charge in [-0.1, -0.05) is 0 Å². The van der Waals surface area contributed by atoms with Crippen molar-refractivity contribution >= 4 is 27.4 Å². The third kappa shape index (κ3) is 5.95. The van der Waals surface area contributed by atoms with Crippen molar-refractivity contribution in [3.05, 3.63) is 26.9 Å². The van der Waals surface area contributed by atoms with E-state index in [1.54, 1.807) is 0 Å². The van der Waals surface area contributed by atoms with Crippen LogP contribution in [0.4, 0.5) is 11.5 Å². The first-order valence-electron chi connectivity index (χ1n) is 5.77. The number of pyridine rings is 1. The van der Waals surface area contributed by atoms with E-state index < -0.39 is 4.92 Å². The van der Waals surface area contributed by atoms with Crippen molar-refractivity contribution < 1.29 is 9.66 Å². The molecule has 1 aromatic heterocycles. The van der Waals surface area contributed by atoms with Crippen LogP contribution in [0.2, 0.25) is 0 Å². The minimum absolute atomic E-state index is 0.0531. The molecule has 7 nitrogen and oxygen atoms in total. The van der Waals surface area contributed by atoms with Gasteiger partial charge in [-0.05, 0) is 30.0 Å². The summed E-state index contributed by atoms with van der Waals surface area (Å²) in [7, 11) is 3.94. The molecule has 0 aliphatic carbocycles. The van der Waals surface area contributed by atoms with Crippen molar-refractivity contribution in [1.29, 1.82) is 0 Å². The normalized spacial score (nSPS) is 10.7. The number of nitrogens with zero attached hydrogens (tertiary/aromatic N) is 3. The summed E-state index contributed by atoms with van der Waals surface area (Å²) in [4.78, 5) is 16.4. The molecule has 0 aromatic carbocycles. The fourth-order valence-corrected chi connectivity index (χ4v) is 1.61. The van der Waals surface area contributed by atoms with Crippen LogP contribution < -0.4 is 5.32 Å². The lowest BCUT2D eigenvalue weighted by molar-refractivity contribution is -0.384. The van der Waals surface area contributed by atoms with E-state index in [2.05, 4.69) is 26.2 Å². The quantitative estimate of drug-likeness (QED) is 0.443. The second kappa shape index (κ2) is 8.03. The summed E-state index contributed by atoms with van der Waals surface area (Å²) in [5, 5.41) is 13.7. The predicted molar refractivity (Wildman–Crippen MR) is 76.5 cm³/mol. The number of rotatable bonds is 8. The summed E-state index contributed by atoms with van der Waals surface area (Å²) >= 11 is 3.16. The van der Waals surface area contributed by atoms with Crippen LogP contribution in [-0.4, -0.2) is 55.2 Å². The van der Waals surface area contributed by atoms with Gasteiger partial charge >= 0.3 is 5.69 Å². The SMILES string of the molecule is CN(C)CCOCCNc1ncc(Br)cc1[N+](=O)[O-]. The van der Waals surface area contributed by atoms with Crippen LogP contribution in [0.15, 0.2) is 16.7 Å². The lowest BCUT2D eigenvalue weighted by atomic mass is 10.4. The second-order valence-corrected chi connectivity index (χ2v) is 5.04. The van der Waals surface area contributed by atoms with Crippen LogP contribution in [-0.2, 0) is 4.74 Å². The van der Waals surface area contributed by atoms with Crippen LogP contribution in [0.25, 0.3) is 0 Å². The molecule has 0 atom stereocenters. The molecule has 1 rings (SSSR count). The summed E-state index contributed by atoms with van der Waals surface area (Å²) in [6.07, 6.45) is 1.52. The lowest BCUT2D eigenvalue weighted by Crippen LogP contribution is -2.20. The van der Waals surface area contributed by atoms with Crippen molar-refractivity contribution in [2.45, 2.75) is 0 Å². The zero-order valence-electron chi connectivity index (χ0n) is 10.9. The third-order valence-electron chi connectivity index (χ3n) is 2.25. The molecule has 1 N–H and O–H groups in total. The van der Waals surface area contributed by atoms with Crippen LogP contribution >= 0.6 is 15.9 Å². The van der Waals surface area contributed by atoms with Gasteiger partial charge in [0.1, 0.15) is 0 Å². The molecule has 0 aliphatic rings. The van der Waals surface area contributed by atoms with Gasteiger partial charge in [-0.2, -0.15) is 0 Å². The van der Waals surface area contributed by atoms with E-state index in [1.807, 2.05) is 19.0 Å². The van der Waals surface area contributed by atoms with E-state index in [0.717, 1.165) is 6.54 Å². The highest BCUT2D eigenvalue weighted by atomic mass is 79.9. The molecule has 0 unspecified atom stereocenters. The minimum atomic E-state index is -0.465. The molecule has 0 amide bonds. The standard InChI is InChI=1S/C11H17BrN4O3/c1-15(2)4-6-19-5-3-13-11-10(16(17)18)7-9(12)8-14-11/h7-8H,3-6H2,1-2H3,(H,13,14). The molecule has 0 fully saturated rings. The molecule has 0 bridgehead atoms. The average molecular weight is 333 g/mol. The Morgan fingerprint density at radius 1 is 1.53 bits per heavy atom. The highest BCUT2D eigenvalue weighted by Gasteiger charge is 2.15. The Morgan fingerprint density at radius 3 is 2.89 bits per heavy atom.